The molecule has 180 valence electrons. The van der Waals surface area contributed by atoms with Crippen molar-refractivity contribution in [2.24, 2.45) is 0 Å². The second kappa shape index (κ2) is 11.1. The Morgan fingerprint density at radius 3 is 2.24 bits per heavy atom. The van der Waals surface area contributed by atoms with E-state index < -0.39 is 15.9 Å². The van der Waals surface area contributed by atoms with E-state index in [-0.39, 0.29) is 24.1 Å². The standard InChI is InChI=1S/C26H30N2O5S/c1-19-10-15-25(20(2)16-19)28(34(30,31)24-8-6-5-7-9-24)17-26(29)27-21(3)18-33-23-13-11-22(32-4)12-14-23/h5-16,21H,17-18H2,1-4H3,(H,27,29). The van der Waals surface area contributed by atoms with Gasteiger partial charge in [0.1, 0.15) is 24.7 Å². The predicted molar refractivity (Wildman–Crippen MR) is 133 cm³/mol. The van der Waals surface area contributed by atoms with E-state index in [1.54, 1.807) is 62.6 Å². The lowest BCUT2D eigenvalue weighted by Gasteiger charge is -2.26. The van der Waals surface area contributed by atoms with Crippen LogP contribution in [-0.2, 0) is 14.8 Å². The Morgan fingerprint density at radius 1 is 0.971 bits per heavy atom. The van der Waals surface area contributed by atoms with Crippen LogP contribution in [0.2, 0.25) is 0 Å². The van der Waals surface area contributed by atoms with Crippen molar-refractivity contribution < 1.29 is 22.7 Å². The molecule has 3 rings (SSSR count). The summed E-state index contributed by atoms with van der Waals surface area (Å²) in [5.41, 5.74) is 2.24. The van der Waals surface area contributed by atoms with Crippen molar-refractivity contribution in [3.05, 3.63) is 83.9 Å². The van der Waals surface area contributed by atoms with Gasteiger partial charge < -0.3 is 14.8 Å². The van der Waals surface area contributed by atoms with E-state index in [0.29, 0.717) is 11.4 Å². The van der Waals surface area contributed by atoms with Crippen molar-refractivity contribution in [2.75, 3.05) is 24.6 Å². The second-order valence-corrected chi connectivity index (χ2v) is 9.93. The maximum Gasteiger partial charge on any atom is 0.264 e. The van der Waals surface area contributed by atoms with Gasteiger partial charge in [-0.05, 0) is 68.8 Å². The van der Waals surface area contributed by atoms with Gasteiger partial charge in [-0.3, -0.25) is 9.10 Å². The van der Waals surface area contributed by atoms with Gasteiger partial charge in [0.15, 0.2) is 0 Å². The van der Waals surface area contributed by atoms with Crippen LogP contribution in [0.4, 0.5) is 5.69 Å². The highest BCUT2D eigenvalue weighted by atomic mass is 32.2. The summed E-state index contributed by atoms with van der Waals surface area (Å²) in [7, 11) is -2.36. The molecule has 0 aromatic heterocycles. The molecule has 0 aliphatic heterocycles. The molecule has 0 aliphatic carbocycles. The first-order valence-corrected chi connectivity index (χ1v) is 12.4. The number of amides is 1. The molecule has 0 heterocycles. The van der Waals surface area contributed by atoms with Crippen LogP contribution in [0.25, 0.3) is 0 Å². The summed E-state index contributed by atoms with van der Waals surface area (Å²) in [5, 5.41) is 2.83. The third-order valence-electron chi connectivity index (χ3n) is 5.21. The summed E-state index contributed by atoms with van der Waals surface area (Å²) < 4.78 is 38.9. The van der Waals surface area contributed by atoms with Gasteiger partial charge in [0.25, 0.3) is 10.0 Å². The first kappa shape index (κ1) is 25.1. The molecule has 0 bridgehead atoms. The van der Waals surface area contributed by atoms with Crippen LogP contribution in [0.1, 0.15) is 18.1 Å². The van der Waals surface area contributed by atoms with Crippen LogP contribution in [0, 0.1) is 13.8 Å². The van der Waals surface area contributed by atoms with Gasteiger partial charge in [-0.15, -0.1) is 0 Å². The number of nitrogens with zero attached hydrogens (tertiary/aromatic N) is 1. The van der Waals surface area contributed by atoms with E-state index in [9.17, 15) is 13.2 Å². The fraction of sp³-hybridized carbons (Fsp3) is 0.269. The van der Waals surface area contributed by atoms with Crippen LogP contribution in [0.15, 0.2) is 77.7 Å². The molecule has 3 aromatic carbocycles. The number of methoxy groups -OCH3 is 1. The van der Waals surface area contributed by atoms with E-state index in [4.69, 9.17) is 9.47 Å². The van der Waals surface area contributed by atoms with E-state index in [1.807, 2.05) is 26.0 Å². The molecule has 1 N–H and O–H groups in total. The number of rotatable bonds is 10. The summed E-state index contributed by atoms with van der Waals surface area (Å²) in [4.78, 5) is 13.0. The fourth-order valence-corrected chi connectivity index (χ4v) is 5.00. The number of carbonyl (C=O) groups is 1. The molecule has 0 fully saturated rings. The molecule has 7 nitrogen and oxygen atoms in total. The van der Waals surface area contributed by atoms with Gasteiger partial charge in [0.05, 0.1) is 23.7 Å². The molecule has 0 saturated heterocycles. The lowest BCUT2D eigenvalue weighted by Crippen LogP contribution is -2.45. The van der Waals surface area contributed by atoms with Gasteiger partial charge >= 0.3 is 0 Å². The molecule has 3 aromatic rings. The third-order valence-corrected chi connectivity index (χ3v) is 6.98. The first-order chi connectivity index (χ1) is 16.2. The Morgan fingerprint density at radius 2 is 1.62 bits per heavy atom. The van der Waals surface area contributed by atoms with E-state index in [0.717, 1.165) is 21.2 Å². The molecule has 1 atom stereocenters. The summed E-state index contributed by atoms with van der Waals surface area (Å²) in [6.45, 7) is 5.44. The third kappa shape index (κ3) is 6.29. The van der Waals surface area contributed by atoms with E-state index in [2.05, 4.69) is 5.32 Å². The number of benzene rings is 3. The highest BCUT2D eigenvalue weighted by molar-refractivity contribution is 7.92. The molecule has 0 spiro atoms. The minimum atomic E-state index is -3.95. The summed E-state index contributed by atoms with van der Waals surface area (Å²) in [5.74, 6) is 0.940. The smallest absolute Gasteiger partial charge is 0.264 e. The maximum atomic E-state index is 13.5. The second-order valence-electron chi connectivity index (χ2n) is 8.07. The molecule has 8 heteroatoms. The van der Waals surface area contributed by atoms with Crippen LogP contribution >= 0.6 is 0 Å². The first-order valence-electron chi connectivity index (χ1n) is 10.9. The monoisotopic (exact) mass is 482 g/mol. The number of hydrogen-bond acceptors (Lipinski definition) is 5. The van der Waals surface area contributed by atoms with Gasteiger partial charge in [-0.25, -0.2) is 8.42 Å². The SMILES string of the molecule is COc1ccc(OCC(C)NC(=O)CN(c2ccc(C)cc2C)S(=O)(=O)c2ccccc2)cc1. The average molecular weight is 483 g/mol. The molecular formula is C26H30N2O5S. The van der Waals surface area contributed by atoms with Crippen molar-refractivity contribution in [3.8, 4) is 11.5 Å². The largest absolute Gasteiger partial charge is 0.497 e. The molecule has 0 saturated carbocycles. The summed E-state index contributed by atoms with van der Waals surface area (Å²) >= 11 is 0. The zero-order valence-electron chi connectivity index (χ0n) is 19.8. The van der Waals surface area contributed by atoms with Gasteiger partial charge in [0.2, 0.25) is 5.91 Å². The van der Waals surface area contributed by atoms with Crippen LogP contribution in [0.5, 0.6) is 11.5 Å². The van der Waals surface area contributed by atoms with Gasteiger partial charge in [-0.1, -0.05) is 35.9 Å². The Bertz CT molecular complexity index is 1210. The minimum Gasteiger partial charge on any atom is -0.497 e. The Labute approximate surface area is 201 Å². The van der Waals surface area contributed by atoms with Crippen molar-refractivity contribution in [3.63, 3.8) is 0 Å². The van der Waals surface area contributed by atoms with E-state index in [1.165, 1.54) is 12.1 Å². The number of sulfonamides is 1. The Kier molecular flexibility index (Phi) is 8.17. The van der Waals surface area contributed by atoms with Gasteiger partial charge in [-0.2, -0.15) is 0 Å². The zero-order chi connectivity index (χ0) is 24.7. The number of hydrogen-bond donors (Lipinski definition) is 1. The van der Waals surface area contributed by atoms with Crippen molar-refractivity contribution in [1.29, 1.82) is 0 Å². The topological polar surface area (TPSA) is 84.9 Å². The van der Waals surface area contributed by atoms with E-state index >= 15 is 0 Å². The Balaban J connectivity index is 1.74. The number of nitrogens with one attached hydrogen (secondary N) is 1. The van der Waals surface area contributed by atoms with Crippen molar-refractivity contribution in [1.82, 2.24) is 5.32 Å². The fourth-order valence-electron chi connectivity index (χ4n) is 3.49. The molecule has 1 amide bonds. The van der Waals surface area contributed by atoms with Crippen molar-refractivity contribution in [2.45, 2.75) is 31.7 Å². The minimum absolute atomic E-state index is 0.124. The maximum absolute atomic E-state index is 13.5. The van der Waals surface area contributed by atoms with Crippen LogP contribution in [-0.4, -0.2) is 40.6 Å². The average Bonchev–Trinajstić information content (AvgIpc) is 2.82. The quantitative estimate of drug-likeness (QED) is 0.471. The number of aryl methyl sites for hydroxylation is 2. The van der Waals surface area contributed by atoms with Crippen molar-refractivity contribution >= 4 is 21.6 Å². The van der Waals surface area contributed by atoms with Crippen LogP contribution < -0.4 is 19.1 Å². The van der Waals surface area contributed by atoms with Crippen LogP contribution in [0.3, 0.4) is 0 Å². The number of ether oxygens (including phenoxy) is 2. The predicted octanol–water partition coefficient (Wildman–Crippen LogP) is 4.09. The molecule has 1 unspecified atom stereocenters. The molecule has 34 heavy (non-hydrogen) atoms. The molecule has 0 radical (unpaired) electrons. The highest BCUT2D eigenvalue weighted by Gasteiger charge is 2.28. The Hall–Kier alpha value is -3.52. The zero-order valence-corrected chi connectivity index (χ0v) is 20.6. The number of carbonyl (C=O) groups excluding carboxylic acids is 1. The molecule has 0 aliphatic rings. The normalized spacial score (nSPS) is 12.0. The lowest BCUT2D eigenvalue weighted by molar-refractivity contribution is -0.120. The molecular weight excluding hydrogens is 452 g/mol. The summed E-state index contributed by atoms with van der Waals surface area (Å²) in [6.07, 6.45) is 0. The lowest BCUT2D eigenvalue weighted by atomic mass is 10.1. The number of anilines is 1. The van der Waals surface area contributed by atoms with Gasteiger partial charge in [0, 0.05) is 0 Å². The summed E-state index contributed by atoms with van der Waals surface area (Å²) in [6, 6.07) is 20.4. The highest BCUT2D eigenvalue weighted by Crippen LogP contribution is 2.27.